The molecule has 0 spiro atoms. The summed E-state index contributed by atoms with van der Waals surface area (Å²) in [4.78, 5) is 0. The van der Waals surface area contributed by atoms with Gasteiger partial charge < -0.3 is 9.47 Å². The van der Waals surface area contributed by atoms with Crippen LogP contribution in [0.3, 0.4) is 0 Å². The summed E-state index contributed by atoms with van der Waals surface area (Å²) in [5, 5.41) is 8.83. The summed E-state index contributed by atoms with van der Waals surface area (Å²) in [6.45, 7) is 4.45. The zero-order valence-corrected chi connectivity index (χ0v) is 10.8. The molecule has 0 radical (unpaired) electrons. The first-order valence-corrected chi connectivity index (χ1v) is 5.92. The first-order chi connectivity index (χ1) is 7.65. The highest BCUT2D eigenvalue weighted by molar-refractivity contribution is 9.10. The summed E-state index contributed by atoms with van der Waals surface area (Å²) in [6, 6.07) is 4.09. The van der Waals surface area contributed by atoms with Gasteiger partial charge in [-0.05, 0) is 39.0 Å². The number of nitrogens with zero attached hydrogens (tertiary/aromatic N) is 1. The molecular formula is C12H12BrNO2. The monoisotopic (exact) mass is 281 g/mol. The molecule has 1 heterocycles. The minimum absolute atomic E-state index is 0.251. The van der Waals surface area contributed by atoms with Crippen LogP contribution in [-0.4, -0.2) is 6.79 Å². The maximum atomic E-state index is 8.83. The molecule has 16 heavy (non-hydrogen) atoms. The fraction of sp³-hybridized carbons (Fsp3) is 0.417. The third-order valence-electron chi connectivity index (χ3n) is 2.58. The third-order valence-corrected chi connectivity index (χ3v) is 3.36. The lowest BCUT2D eigenvalue weighted by Gasteiger charge is -2.15. The van der Waals surface area contributed by atoms with Crippen molar-refractivity contribution in [1.29, 1.82) is 5.26 Å². The molecule has 84 valence electrons. The highest BCUT2D eigenvalue weighted by atomic mass is 79.9. The fourth-order valence-electron chi connectivity index (χ4n) is 1.92. The highest BCUT2D eigenvalue weighted by Crippen LogP contribution is 2.45. The van der Waals surface area contributed by atoms with Gasteiger partial charge in [0.05, 0.1) is 17.0 Å². The zero-order chi connectivity index (χ0) is 11.7. The molecule has 3 nitrogen and oxygen atoms in total. The minimum Gasteiger partial charge on any atom is -0.454 e. The standard InChI is InChI=1S/C12H12BrNO2/c1-7(2)10-8(3-4-14)5-9-12(11(10)13)16-6-15-9/h5,7H,3,6H2,1-2H3. The van der Waals surface area contributed by atoms with Crippen LogP contribution in [-0.2, 0) is 6.42 Å². The largest absolute Gasteiger partial charge is 0.454 e. The SMILES string of the molecule is CC(C)c1c(CC#N)cc2c(c1Br)OCO2. The van der Waals surface area contributed by atoms with Crippen LogP contribution < -0.4 is 9.47 Å². The van der Waals surface area contributed by atoms with Crippen molar-refractivity contribution in [3.8, 4) is 17.6 Å². The molecule has 1 aromatic carbocycles. The minimum atomic E-state index is 0.251. The van der Waals surface area contributed by atoms with Gasteiger partial charge in [0.1, 0.15) is 0 Å². The number of ether oxygens (including phenoxy) is 2. The molecule has 0 aliphatic carbocycles. The fourth-order valence-corrected chi connectivity index (χ4v) is 2.94. The molecule has 1 aliphatic heterocycles. The van der Waals surface area contributed by atoms with Crippen molar-refractivity contribution in [3.05, 3.63) is 21.7 Å². The second-order valence-electron chi connectivity index (χ2n) is 3.99. The van der Waals surface area contributed by atoms with Gasteiger partial charge in [-0.1, -0.05) is 13.8 Å². The second-order valence-corrected chi connectivity index (χ2v) is 4.78. The van der Waals surface area contributed by atoms with E-state index in [1.807, 2.05) is 6.07 Å². The first-order valence-electron chi connectivity index (χ1n) is 5.13. The first kappa shape index (κ1) is 11.3. The summed E-state index contributed by atoms with van der Waals surface area (Å²) in [5.74, 6) is 1.82. The van der Waals surface area contributed by atoms with Crippen LogP contribution in [0.5, 0.6) is 11.5 Å². The number of benzene rings is 1. The Hall–Kier alpha value is -1.21. The number of hydrogen-bond acceptors (Lipinski definition) is 3. The Morgan fingerprint density at radius 3 is 2.88 bits per heavy atom. The number of nitriles is 1. The van der Waals surface area contributed by atoms with Crippen LogP contribution in [0, 0.1) is 11.3 Å². The van der Waals surface area contributed by atoms with Gasteiger partial charge in [-0.15, -0.1) is 0 Å². The molecule has 4 heteroatoms. The smallest absolute Gasteiger partial charge is 0.231 e. The molecule has 0 amide bonds. The molecule has 0 N–H and O–H groups in total. The predicted octanol–water partition coefficient (Wildman–Crippen LogP) is 3.37. The van der Waals surface area contributed by atoms with Gasteiger partial charge in [0, 0.05) is 0 Å². The number of rotatable bonds is 2. The lowest BCUT2D eigenvalue weighted by Crippen LogP contribution is -1.98. The Morgan fingerprint density at radius 2 is 2.25 bits per heavy atom. The summed E-state index contributed by atoms with van der Waals surface area (Å²) < 4.78 is 11.7. The van der Waals surface area contributed by atoms with Crippen LogP contribution in [0.2, 0.25) is 0 Å². The quantitative estimate of drug-likeness (QED) is 0.835. The van der Waals surface area contributed by atoms with E-state index in [0.717, 1.165) is 27.1 Å². The molecule has 0 aromatic heterocycles. The van der Waals surface area contributed by atoms with Crippen LogP contribution >= 0.6 is 15.9 Å². The topological polar surface area (TPSA) is 42.2 Å². The number of halogens is 1. The molecule has 0 unspecified atom stereocenters. The van der Waals surface area contributed by atoms with Crippen LogP contribution in [0.25, 0.3) is 0 Å². The van der Waals surface area contributed by atoms with Gasteiger partial charge >= 0.3 is 0 Å². The lowest BCUT2D eigenvalue weighted by molar-refractivity contribution is 0.173. The van der Waals surface area contributed by atoms with Crippen molar-refractivity contribution in [3.63, 3.8) is 0 Å². The predicted molar refractivity (Wildman–Crippen MR) is 63.7 cm³/mol. The summed E-state index contributed by atoms with van der Waals surface area (Å²) >= 11 is 3.54. The molecule has 0 saturated heterocycles. The molecule has 0 saturated carbocycles. The van der Waals surface area contributed by atoms with E-state index in [-0.39, 0.29) is 6.79 Å². The Balaban J connectivity index is 2.61. The van der Waals surface area contributed by atoms with Gasteiger partial charge in [0.25, 0.3) is 0 Å². The Morgan fingerprint density at radius 1 is 1.50 bits per heavy atom. The molecule has 1 aromatic rings. The maximum absolute atomic E-state index is 8.83. The number of hydrogen-bond donors (Lipinski definition) is 0. The van der Waals surface area contributed by atoms with Gasteiger partial charge in [0.15, 0.2) is 11.5 Å². The Labute approximate surface area is 103 Å². The van der Waals surface area contributed by atoms with Crippen LogP contribution in [0.4, 0.5) is 0 Å². The third kappa shape index (κ3) is 1.76. The van der Waals surface area contributed by atoms with E-state index in [1.54, 1.807) is 0 Å². The molecular weight excluding hydrogens is 270 g/mol. The van der Waals surface area contributed by atoms with Gasteiger partial charge in [-0.2, -0.15) is 5.26 Å². The molecule has 2 rings (SSSR count). The van der Waals surface area contributed by atoms with E-state index in [2.05, 4.69) is 35.8 Å². The van der Waals surface area contributed by atoms with Crippen molar-refractivity contribution < 1.29 is 9.47 Å². The average molecular weight is 282 g/mol. The second kappa shape index (κ2) is 4.34. The zero-order valence-electron chi connectivity index (χ0n) is 9.21. The van der Waals surface area contributed by atoms with E-state index in [9.17, 15) is 0 Å². The van der Waals surface area contributed by atoms with Crippen molar-refractivity contribution in [2.75, 3.05) is 6.79 Å². The van der Waals surface area contributed by atoms with E-state index in [4.69, 9.17) is 14.7 Å². The molecule has 0 atom stereocenters. The van der Waals surface area contributed by atoms with E-state index >= 15 is 0 Å². The summed E-state index contributed by atoms with van der Waals surface area (Å²) in [6.07, 6.45) is 0.392. The Bertz CT molecular complexity index is 463. The molecule has 0 bridgehead atoms. The summed E-state index contributed by atoms with van der Waals surface area (Å²) in [5.41, 5.74) is 2.14. The van der Waals surface area contributed by atoms with Crippen molar-refractivity contribution in [1.82, 2.24) is 0 Å². The average Bonchev–Trinajstić information content (AvgIpc) is 2.65. The van der Waals surface area contributed by atoms with Crippen molar-refractivity contribution >= 4 is 15.9 Å². The van der Waals surface area contributed by atoms with Crippen LogP contribution in [0.1, 0.15) is 30.9 Å². The van der Waals surface area contributed by atoms with Gasteiger partial charge in [-0.3, -0.25) is 0 Å². The van der Waals surface area contributed by atoms with Crippen molar-refractivity contribution in [2.45, 2.75) is 26.2 Å². The number of fused-ring (bicyclic) bond motifs is 1. The van der Waals surface area contributed by atoms with E-state index in [0.29, 0.717) is 12.3 Å². The van der Waals surface area contributed by atoms with Gasteiger partial charge in [0.2, 0.25) is 6.79 Å². The maximum Gasteiger partial charge on any atom is 0.231 e. The van der Waals surface area contributed by atoms with E-state index in [1.165, 1.54) is 0 Å². The molecule has 0 fully saturated rings. The van der Waals surface area contributed by atoms with Gasteiger partial charge in [-0.25, -0.2) is 0 Å². The normalized spacial score (nSPS) is 12.9. The molecule has 1 aliphatic rings. The lowest BCUT2D eigenvalue weighted by atomic mass is 9.95. The van der Waals surface area contributed by atoms with Crippen molar-refractivity contribution in [2.24, 2.45) is 0 Å². The summed E-state index contributed by atoms with van der Waals surface area (Å²) in [7, 11) is 0. The highest BCUT2D eigenvalue weighted by Gasteiger charge is 2.23. The van der Waals surface area contributed by atoms with Crippen LogP contribution in [0.15, 0.2) is 10.5 Å². The Kier molecular flexibility index (Phi) is 3.06. The van der Waals surface area contributed by atoms with E-state index < -0.39 is 0 Å².